The number of nitrogens with two attached hydrogens (primary N) is 1. The summed E-state index contributed by atoms with van der Waals surface area (Å²) in [6.45, 7) is 0.242. The fourth-order valence-corrected chi connectivity index (χ4v) is 2.46. The van der Waals surface area contributed by atoms with Gasteiger partial charge in [0, 0.05) is 7.05 Å². The summed E-state index contributed by atoms with van der Waals surface area (Å²) in [7, 11) is 1.80. The molecule has 1 aliphatic heterocycles. The highest BCUT2D eigenvalue weighted by Crippen LogP contribution is 2.41. The van der Waals surface area contributed by atoms with Crippen molar-refractivity contribution in [3.05, 3.63) is 36.6 Å². The van der Waals surface area contributed by atoms with Gasteiger partial charge in [-0.25, -0.2) is 0 Å². The third-order valence-electron chi connectivity index (χ3n) is 3.51. The molecule has 0 spiro atoms. The van der Waals surface area contributed by atoms with Crippen LogP contribution in [0.3, 0.4) is 0 Å². The molecular formula is C15H13N3O3. The van der Waals surface area contributed by atoms with E-state index in [0.29, 0.717) is 23.0 Å². The van der Waals surface area contributed by atoms with Crippen molar-refractivity contribution in [2.45, 2.75) is 0 Å². The van der Waals surface area contributed by atoms with Crippen LogP contribution < -0.4 is 15.2 Å². The fourth-order valence-electron chi connectivity index (χ4n) is 2.46. The fraction of sp³-hybridized carbons (Fsp3) is 0.133. The first-order valence-corrected chi connectivity index (χ1v) is 6.50. The van der Waals surface area contributed by atoms with E-state index in [0.717, 1.165) is 16.9 Å². The molecule has 0 saturated carbocycles. The number of benzene rings is 1. The minimum Gasteiger partial charge on any atom is -0.463 e. The Hall–Kier alpha value is -2.89. The Morgan fingerprint density at radius 3 is 2.86 bits per heavy atom. The summed E-state index contributed by atoms with van der Waals surface area (Å²) < 4.78 is 17.9. The van der Waals surface area contributed by atoms with Crippen molar-refractivity contribution < 1.29 is 13.9 Å². The molecule has 6 nitrogen and oxygen atoms in total. The summed E-state index contributed by atoms with van der Waals surface area (Å²) in [5.41, 5.74) is 8.62. The van der Waals surface area contributed by atoms with Crippen LogP contribution in [0.2, 0.25) is 0 Å². The third-order valence-corrected chi connectivity index (χ3v) is 3.51. The highest BCUT2D eigenvalue weighted by atomic mass is 16.7. The molecule has 0 unspecified atom stereocenters. The zero-order chi connectivity index (χ0) is 14.4. The second-order valence-corrected chi connectivity index (χ2v) is 4.78. The Balaban J connectivity index is 1.92. The molecule has 0 aliphatic carbocycles. The lowest BCUT2D eigenvalue weighted by Crippen LogP contribution is -1.98. The summed E-state index contributed by atoms with van der Waals surface area (Å²) in [4.78, 5) is 0. The molecule has 0 fully saturated rings. The minimum atomic E-state index is 0.242. The van der Waals surface area contributed by atoms with Crippen LogP contribution in [-0.4, -0.2) is 16.6 Å². The van der Waals surface area contributed by atoms with Gasteiger partial charge in [-0.3, -0.25) is 4.68 Å². The van der Waals surface area contributed by atoms with Crippen LogP contribution in [0, 0.1) is 0 Å². The standard InChI is InChI=1S/C15H13N3O3/c1-18-15(16)13(14(17-18)11-3-2-6-19-11)9-4-5-10-12(7-9)21-8-20-10/h2-7H,8,16H2,1H3. The van der Waals surface area contributed by atoms with Gasteiger partial charge in [-0.1, -0.05) is 6.07 Å². The summed E-state index contributed by atoms with van der Waals surface area (Å²) in [5.74, 6) is 2.69. The molecule has 106 valence electrons. The number of nitrogens with zero attached hydrogens (tertiary/aromatic N) is 2. The van der Waals surface area contributed by atoms with Crippen LogP contribution in [0.4, 0.5) is 5.82 Å². The van der Waals surface area contributed by atoms with E-state index in [1.54, 1.807) is 18.0 Å². The molecule has 6 heteroatoms. The molecule has 0 bridgehead atoms. The second-order valence-electron chi connectivity index (χ2n) is 4.78. The number of nitrogen functional groups attached to an aromatic ring is 1. The van der Waals surface area contributed by atoms with E-state index in [4.69, 9.17) is 19.6 Å². The number of anilines is 1. The molecule has 21 heavy (non-hydrogen) atoms. The number of fused-ring (bicyclic) bond motifs is 1. The molecule has 3 aromatic rings. The average Bonchev–Trinajstić information content (AvgIpc) is 3.20. The zero-order valence-electron chi connectivity index (χ0n) is 11.4. The van der Waals surface area contributed by atoms with Gasteiger partial charge >= 0.3 is 0 Å². The Kier molecular flexibility index (Phi) is 2.44. The Morgan fingerprint density at radius 2 is 2.05 bits per heavy atom. The predicted octanol–water partition coefficient (Wildman–Crippen LogP) is 2.66. The van der Waals surface area contributed by atoms with Gasteiger partial charge in [-0.2, -0.15) is 5.10 Å². The van der Waals surface area contributed by atoms with Crippen LogP contribution in [-0.2, 0) is 7.05 Å². The predicted molar refractivity (Wildman–Crippen MR) is 76.9 cm³/mol. The van der Waals surface area contributed by atoms with Crippen LogP contribution in [0.15, 0.2) is 41.0 Å². The molecule has 0 saturated heterocycles. The normalized spacial score (nSPS) is 12.8. The first kappa shape index (κ1) is 11.9. The van der Waals surface area contributed by atoms with Crippen LogP contribution in [0.1, 0.15) is 0 Å². The van der Waals surface area contributed by atoms with E-state index in [1.807, 2.05) is 30.3 Å². The molecule has 2 N–H and O–H groups in total. The van der Waals surface area contributed by atoms with E-state index in [2.05, 4.69) is 5.10 Å². The van der Waals surface area contributed by atoms with Crippen molar-refractivity contribution in [1.29, 1.82) is 0 Å². The van der Waals surface area contributed by atoms with E-state index in [9.17, 15) is 0 Å². The van der Waals surface area contributed by atoms with Crippen molar-refractivity contribution in [2.24, 2.45) is 7.05 Å². The number of ether oxygens (including phenoxy) is 2. The summed E-state index contributed by atoms with van der Waals surface area (Å²) in [6.07, 6.45) is 1.61. The monoisotopic (exact) mass is 283 g/mol. The van der Waals surface area contributed by atoms with Gasteiger partial charge in [0.05, 0.1) is 11.8 Å². The van der Waals surface area contributed by atoms with E-state index >= 15 is 0 Å². The topological polar surface area (TPSA) is 75.4 Å². The van der Waals surface area contributed by atoms with Crippen LogP contribution in [0.25, 0.3) is 22.6 Å². The van der Waals surface area contributed by atoms with Crippen molar-refractivity contribution in [3.63, 3.8) is 0 Å². The summed E-state index contributed by atoms with van der Waals surface area (Å²) in [6, 6.07) is 9.40. The van der Waals surface area contributed by atoms with Crippen molar-refractivity contribution in [1.82, 2.24) is 9.78 Å². The van der Waals surface area contributed by atoms with Crippen LogP contribution in [0.5, 0.6) is 11.5 Å². The number of furan rings is 1. The summed E-state index contributed by atoms with van der Waals surface area (Å²) in [5, 5.41) is 4.45. The van der Waals surface area contributed by atoms with E-state index < -0.39 is 0 Å². The third kappa shape index (κ3) is 1.76. The van der Waals surface area contributed by atoms with Crippen molar-refractivity contribution in [2.75, 3.05) is 12.5 Å². The van der Waals surface area contributed by atoms with E-state index in [1.165, 1.54) is 0 Å². The number of aryl methyl sites for hydroxylation is 1. The maximum absolute atomic E-state index is 6.17. The van der Waals surface area contributed by atoms with Gasteiger partial charge in [0.15, 0.2) is 17.3 Å². The van der Waals surface area contributed by atoms with Crippen LogP contribution >= 0.6 is 0 Å². The molecule has 0 atom stereocenters. The maximum atomic E-state index is 6.17. The first-order valence-electron chi connectivity index (χ1n) is 6.50. The summed E-state index contributed by atoms with van der Waals surface area (Å²) >= 11 is 0. The van der Waals surface area contributed by atoms with Gasteiger partial charge < -0.3 is 19.6 Å². The Labute approximate surface area is 120 Å². The molecule has 0 radical (unpaired) electrons. The second kappa shape index (κ2) is 4.31. The number of hydrogen-bond acceptors (Lipinski definition) is 5. The lowest BCUT2D eigenvalue weighted by atomic mass is 10.0. The molecule has 4 rings (SSSR count). The molecule has 0 amide bonds. The quantitative estimate of drug-likeness (QED) is 0.782. The molecule has 3 heterocycles. The van der Waals surface area contributed by atoms with Gasteiger partial charge in [0.25, 0.3) is 0 Å². The van der Waals surface area contributed by atoms with Crippen molar-refractivity contribution in [3.8, 4) is 34.1 Å². The van der Waals surface area contributed by atoms with E-state index in [-0.39, 0.29) is 6.79 Å². The molecule has 2 aromatic heterocycles. The average molecular weight is 283 g/mol. The van der Waals surface area contributed by atoms with Gasteiger partial charge in [-0.05, 0) is 29.8 Å². The van der Waals surface area contributed by atoms with Gasteiger partial charge in [-0.15, -0.1) is 0 Å². The zero-order valence-corrected chi connectivity index (χ0v) is 11.4. The number of aromatic nitrogens is 2. The number of rotatable bonds is 2. The first-order chi connectivity index (χ1) is 10.2. The van der Waals surface area contributed by atoms with Gasteiger partial charge in [0.2, 0.25) is 6.79 Å². The largest absolute Gasteiger partial charge is 0.463 e. The highest BCUT2D eigenvalue weighted by molar-refractivity contribution is 5.87. The Bertz CT molecular complexity index is 806. The maximum Gasteiger partial charge on any atom is 0.231 e. The molecule has 1 aromatic carbocycles. The lowest BCUT2D eigenvalue weighted by Gasteiger charge is -2.04. The highest BCUT2D eigenvalue weighted by Gasteiger charge is 2.22. The Morgan fingerprint density at radius 1 is 1.19 bits per heavy atom. The molecular weight excluding hydrogens is 270 g/mol. The lowest BCUT2D eigenvalue weighted by molar-refractivity contribution is 0.174. The number of hydrogen-bond donors (Lipinski definition) is 1. The minimum absolute atomic E-state index is 0.242. The van der Waals surface area contributed by atoms with Crippen molar-refractivity contribution >= 4 is 5.82 Å². The SMILES string of the molecule is Cn1nc(-c2ccco2)c(-c2ccc3c(c2)OCO3)c1N. The molecule has 1 aliphatic rings. The smallest absolute Gasteiger partial charge is 0.231 e. The van der Waals surface area contributed by atoms with Gasteiger partial charge in [0.1, 0.15) is 11.5 Å².